The first-order valence-corrected chi connectivity index (χ1v) is 5.85. The summed E-state index contributed by atoms with van der Waals surface area (Å²) in [5.74, 6) is -0.339. The van der Waals surface area contributed by atoms with Gasteiger partial charge in [-0.2, -0.15) is 0 Å². The monoisotopic (exact) mass is 239 g/mol. The zero-order chi connectivity index (χ0) is 12.7. The highest BCUT2D eigenvalue weighted by molar-refractivity contribution is 5.79. The maximum absolute atomic E-state index is 12.0. The lowest BCUT2D eigenvalue weighted by atomic mass is 10.1. The van der Waals surface area contributed by atoms with Gasteiger partial charge in [-0.3, -0.25) is 0 Å². The first-order valence-electron chi connectivity index (χ1n) is 5.85. The molecule has 90 valence electrons. The van der Waals surface area contributed by atoms with Crippen LogP contribution in [0.15, 0.2) is 51.7 Å². The van der Waals surface area contributed by atoms with Gasteiger partial charge in [-0.15, -0.1) is 0 Å². The fraction of sp³-hybridized carbons (Fsp3) is 0.133. The Hall–Kier alpha value is -2.29. The summed E-state index contributed by atoms with van der Waals surface area (Å²) in [5, 5.41) is 0. The molecule has 0 amide bonds. The average Bonchev–Trinajstić information content (AvgIpc) is 2.68. The third kappa shape index (κ3) is 1.48. The number of hydrogen-bond acceptors (Lipinski definition) is 2. The van der Waals surface area contributed by atoms with Crippen molar-refractivity contribution < 1.29 is 4.42 Å². The highest BCUT2D eigenvalue weighted by Crippen LogP contribution is 2.22. The van der Waals surface area contributed by atoms with E-state index in [1.54, 1.807) is 4.57 Å². The predicted molar refractivity (Wildman–Crippen MR) is 71.3 cm³/mol. The minimum absolute atomic E-state index is 0.339. The number of aryl methyl sites for hydroxylation is 2. The second kappa shape index (κ2) is 3.88. The summed E-state index contributed by atoms with van der Waals surface area (Å²) < 4.78 is 6.94. The van der Waals surface area contributed by atoms with E-state index in [2.05, 4.69) is 0 Å². The Morgan fingerprint density at radius 1 is 0.944 bits per heavy atom. The van der Waals surface area contributed by atoms with Gasteiger partial charge in [0.2, 0.25) is 0 Å². The van der Waals surface area contributed by atoms with Crippen LogP contribution in [0.1, 0.15) is 11.1 Å². The van der Waals surface area contributed by atoms with Crippen molar-refractivity contribution in [3.8, 4) is 5.69 Å². The fourth-order valence-electron chi connectivity index (χ4n) is 2.27. The van der Waals surface area contributed by atoms with E-state index in [9.17, 15) is 4.79 Å². The van der Waals surface area contributed by atoms with Gasteiger partial charge >= 0.3 is 5.76 Å². The van der Waals surface area contributed by atoms with E-state index in [-0.39, 0.29) is 5.76 Å². The summed E-state index contributed by atoms with van der Waals surface area (Å²) in [5.41, 5.74) is 4.42. The van der Waals surface area contributed by atoms with E-state index in [4.69, 9.17) is 4.42 Å². The molecular weight excluding hydrogens is 226 g/mol. The van der Waals surface area contributed by atoms with E-state index >= 15 is 0 Å². The SMILES string of the molecule is Cc1ccccc1-n1c(=O)oc2cccc(C)c21. The van der Waals surface area contributed by atoms with Gasteiger partial charge in [-0.25, -0.2) is 9.36 Å². The van der Waals surface area contributed by atoms with Crippen molar-refractivity contribution in [3.05, 3.63) is 64.1 Å². The van der Waals surface area contributed by atoms with Crippen LogP contribution < -0.4 is 5.76 Å². The zero-order valence-corrected chi connectivity index (χ0v) is 10.3. The summed E-state index contributed by atoms with van der Waals surface area (Å²) in [7, 11) is 0. The third-order valence-corrected chi connectivity index (χ3v) is 3.16. The normalized spacial score (nSPS) is 11.0. The quantitative estimate of drug-likeness (QED) is 0.653. The van der Waals surface area contributed by atoms with E-state index in [1.807, 2.05) is 56.3 Å². The molecule has 3 nitrogen and oxygen atoms in total. The van der Waals surface area contributed by atoms with Crippen LogP contribution in [0.25, 0.3) is 16.8 Å². The number of benzene rings is 2. The lowest BCUT2D eigenvalue weighted by Crippen LogP contribution is -2.13. The molecule has 2 aromatic carbocycles. The highest BCUT2D eigenvalue weighted by atomic mass is 16.4. The summed E-state index contributed by atoms with van der Waals surface area (Å²) in [4.78, 5) is 12.0. The Kier molecular flexibility index (Phi) is 2.33. The highest BCUT2D eigenvalue weighted by Gasteiger charge is 2.13. The van der Waals surface area contributed by atoms with Crippen molar-refractivity contribution in [1.29, 1.82) is 0 Å². The fourth-order valence-corrected chi connectivity index (χ4v) is 2.27. The van der Waals surface area contributed by atoms with Gasteiger partial charge < -0.3 is 4.42 Å². The van der Waals surface area contributed by atoms with Crippen LogP contribution in [-0.2, 0) is 0 Å². The number of oxazole rings is 1. The van der Waals surface area contributed by atoms with Crippen molar-refractivity contribution in [2.24, 2.45) is 0 Å². The van der Waals surface area contributed by atoms with Gasteiger partial charge in [0.15, 0.2) is 5.58 Å². The van der Waals surface area contributed by atoms with Crippen LogP contribution in [0.2, 0.25) is 0 Å². The van der Waals surface area contributed by atoms with E-state index < -0.39 is 0 Å². The van der Waals surface area contributed by atoms with Gasteiger partial charge in [0.25, 0.3) is 0 Å². The number of fused-ring (bicyclic) bond motifs is 1. The second-order valence-corrected chi connectivity index (χ2v) is 4.41. The molecule has 1 heterocycles. The third-order valence-electron chi connectivity index (χ3n) is 3.16. The van der Waals surface area contributed by atoms with Crippen LogP contribution in [0.4, 0.5) is 0 Å². The second-order valence-electron chi connectivity index (χ2n) is 4.41. The summed E-state index contributed by atoms with van der Waals surface area (Å²) in [6.07, 6.45) is 0. The van der Waals surface area contributed by atoms with Crippen LogP contribution >= 0.6 is 0 Å². The first-order chi connectivity index (χ1) is 8.68. The molecule has 0 aliphatic rings. The Morgan fingerprint density at radius 2 is 1.67 bits per heavy atom. The van der Waals surface area contributed by atoms with Gasteiger partial charge in [-0.1, -0.05) is 30.3 Å². The first kappa shape index (κ1) is 10.8. The van der Waals surface area contributed by atoms with Crippen molar-refractivity contribution >= 4 is 11.1 Å². The predicted octanol–water partition coefficient (Wildman–Crippen LogP) is 3.20. The number of hydrogen-bond donors (Lipinski definition) is 0. The molecule has 3 rings (SSSR count). The number of nitrogens with zero attached hydrogens (tertiary/aromatic N) is 1. The van der Waals surface area contributed by atoms with Crippen molar-refractivity contribution in [3.63, 3.8) is 0 Å². The molecule has 0 radical (unpaired) electrons. The van der Waals surface area contributed by atoms with Crippen molar-refractivity contribution in [1.82, 2.24) is 4.57 Å². The number of rotatable bonds is 1. The number of para-hydroxylation sites is 2. The molecule has 0 N–H and O–H groups in total. The molecular formula is C15H13NO2. The molecule has 0 bridgehead atoms. The smallest absolute Gasteiger partial charge is 0.407 e. The molecule has 0 saturated heterocycles. The molecule has 3 heteroatoms. The number of aromatic nitrogens is 1. The molecule has 0 unspecified atom stereocenters. The molecule has 0 aliphatic carbocycles. The standard InChI is InChI=1S/C15H13NO2/c1-10-6-3-4-8-12(10)16-14-11(2)7-5-9-13(14)18-15(16)17/h3-9H,1-2H3. The molecule has 18 heavy (non-hydrogen) atoms. The Bertz CT molecular complexity index is 781. The van der Waals surface area contributed by atoms with Crippen LogP contribution in [0.5, 0.6) is 0 Å². The Balaban J connectivity index is 2.47. The van der Waals surface area contributed by atoms with E-state index in [0.29, 0.717) is 5.58 Å². The maximum Gasteiger partial charge on any atom is 0.424 e. The summed E-state index contributed by atoms with van der Waals surface area (Å²) >= 11 is 0. The van der Waals surface area contributed by atoms with Crippen LogP contribution in [0, 0.1) is 13.8 Å². The Morgan fingerprint density at radius 3 is 2.44 bits per heavy atom. The molecule has 3 aromatic rings. The average molecular weight is 239 g/mol. The minimum atomic E-state index is -0.339. The molecule has 0 fully saturated rings. The summed E-state index contributed by atoms with van der Waals surface area (Å²) in [6, 6.07) is 13.5. The Labute approximate surface area is 104 Å². The van der Waals surface area contributed by atoms with Gasteiger partial charge in [0, 0.05) is 0 Å². The van der Waals surface area contributed by atoms with Gasteiger partial charge in [0.05, 0.1) is 11.2 Å². The van der Waals surface area contributed by atoms with Crippen LogP contribution in [0.3, 0.4) is 0 Å². The van der Waals surface area contributed by atoms with Gasteiger partial charge in [0.1, 0.15) is 0 Å². The molecule has 0 saturated carbocycles. The van der Waals surface area contributed by atoms with Crippen molar-refractivity contribution in [2.45, 2.75) is 13.8 Å². The molecule has 1 aromatic heterocycles. The van der Waals surface area contributed by atoms with Gasteiger partial charge in [-0.05, 0) is 37.1 Å². The molecule has 0 atom stereocenters. The lowest BCUT2D eigenvalue weighted by Gasteiger charge is -2.06. The molecule has 0 spiro atoms. The maximum atomic E-state index is 12.0. The molecule has 0 aliphatic heterocycles. The van der Waals surface area contributed by atoms with E-state index in [1.165, 1.54) is 0 Å². The lowest BCUT2D eigenvalue weighted by molar-refractivity contribution is 0.540. The zero-order valence-electron chi connectivity index (χ0n) is 10.3. The van der Waals surface area contributed by atoms with Crippen molar-refractivity contribution in [2.75, 3.05) is 0 Å². The summed E-state index contributed by atoms with van der Waals surface area (Å²) in [6.45, 7) is 3.96. The minimum Gasteiger partial charge on any atom is -0.407 e. The largest absolute Gasteiger partial charge is 0.424 e. The van der Waals surface area contributed by atoms with Crippen LogP contribution in [-0.4, -0.2) is 4.57 Å². The van der Waals surface area contributed by atoms with E-state index in [0.717, 1.165) is 22.3 Å². The topological polar surface area (TPSA) is 35.1 Å².